The van der Waals surface area contributed by atoms with E-state index in [4.69, 9.17) is 4.74 Å². The second-order valence-electron chi connectivity index (χ2n) is 7.42. The number of esters is 1. The van der Waals surface area contributed by atoms with Gasteiger partial charge in [0.05, 0.1) is 12.5 Å². The Morgan fingerprint density at radius 2 is 1.46 bits per heavy atom. The van der Waals surface area contributed by atoms with E-state index < -0.39 is 0 Å². The molecule has 0 aliphatic carbocycles. The van der Waals surface area contributed by atoms with Gasteiger partial charge >= 0.3 is 5.97 Å². The molecule has 0 saturated carbocycles. The van der Waals surface area contributed by atoms with Gasteiger partial charge in [-0.25, -0.2) is 4.39 Å². The minimum Gasteiger partial charge on any atom is -0.466 e. The van der Waals surface area contributed by atoms with Gasteiger partial charge in [0.25, 0.3) is 5.91 Å². The van der Waals surface area contributed by atoms with Crippen molar-refractivity contribution in [3.05, 3.63) is 35.6 Å². The predicted molar refractivity (Wildman–Crippen MR) is 101 cm³/mol. The number of benzene rings is 1. The smallest absolute Gasteiger partial charge is 0.309 e. The lowest BCUT2D eigenvalue weighted by atomic mass is 9.92. The molecule has 0 aromatic heterocycles. The van der Waals surface area contributed by atoms with Gasteiger partial charge in [-0.1, -0.05) is 0 Å². The van der Waals surface area contributed by atoms with Gasteiger partial charge in [0, 0.05) is 37.7 Å². The Kier molecular flexibility index (Phi) is 6.65. The highest BCUT2D eigenvalue weighted by atomic mass is 19.1. The molecule has 2 heterocycles. The molecule has 7 heteroatoms. The molecule has 6 nitrogen and oxygen atoms in total. The molecule has 1 aromatic carbocycles. The van der Waals surface area contributed by atoms with Gasteiger partial charge in [-0.15, -0.1) is 0 Å². The number of hydrogen-bond donors (Lipinski definition) is 0. The van der Waals surface area contributed by atoms with E-state index in [0.29, 0.717) is 64.0 Å². The summed E-state index contributed by atoms with van der Waals surface area (Å²) in [7, 11) is 0. The maximum atomic E-state index is 13.0. The van der Waals surface area contributed by atoms with Gasteiger partial charge in [-0.05, 0) is 56.9 Å². The van der Waals surface area contributed by atoms with E-state index >= 15 is 0 Å². The lowest BCUT2D eigenvalue weighted by Gasteiger charge is -2.37. The van der Waals surface area contributed by atoms with Crippen molar-refractivity contribution >= 4 is 17.8 Å². The molecule has 28 heavy (non-hydrogen) atoms. The van der Waals surface area contributed by atoms with Crippen molar-refractivity contribution in [3.8, 4) is 0 Å². The molecule has 0 N–H and O–H groups in total. The second kappa shape index (κ2) is 9.17. The third kappa shape index (κ3) is 4.69. The first-order valence-corrected chi connectivity index (χ1v) is 10.00. The Bertz CT molecular complexity index is 706. The molecule has 2 amide bonds. The minimum atomic E-state index is -0.368. The fraction of sp³-hybridized carbons (Fsp3) is 0.571. The van der Waals surface area contributed by atoms with Crippen LogP contribution in [0.3, 0.4) is 0 Å². The highest BCUT2D eigenvalue weighted by molar-refractivity contribution is 5.94. The van der Waals surface area contributed by atoms with Crippen LogP contribution in [-0.2, 0) is 14.3 Å². The van der Waals surface area contributed by atoms with Crippen molar-refractivity contribution in [2.75, 3.05) is 32.8 Å². The normalized spacial score (nSPS) is 18.8. The van der Waals surface area contributed by atoms with E-state index in [1.165, 1.54) is 24.3 Å². The standard InChI is InChI=1S/C21H27FN2O4/c1-2-28-21(27)17-9-13-24(14-10-17)20(26)16-7-11-23(12-8-16)19(25)15-3-5-18(22)6-4-15/h3-6,16-17H,2,7-14H2,1H3. The number of likely N-dealkylation sites (tertiary alicyclic amines) is 2. The average Bonchev–Trinajstić information content (AvgIpc) is 2.74. The van der Waals surface area contributed by atoms with Crippen molar-refractivity contribution in [2.45, 2.75) is 32.6 Å². The molecule has 0 unspecified atom stereocenters. The third-order valence-corrected chi connectivity index (χ3v) is 5.65. The summed E-state index contributed by atoms with van der Waals surface area (Å²) in [6.45, 7) is 4.38. The fourth-order valence-electron chi connectivity index (χ4n) is 3.96. The minimum absolute atomic E-state index is 0.0867. The monoisotopic (exact) mass is 390 g/mol. The van der Waals surface area contributed by atoms with Crippen molar-refractivity contribution in [2.24, 2.45) is 11.8 Å². The van der Waals surface area contributed by atoms with Crippen LogP contribution in [0.2, 0.25) is 0 Å². The average molecular weight is 390 g/mol. The molecule has 2 aliphatic heterocycles. The van der Waals surface area contributed by atoms with Gasteiger partial charge in [0.2, 0.25) is 5.91 Å². The van der Waals surface area contributed by atoms with Crippen LogP contribution in [0.25, 0.3) is 0 Å². The number of hydrogen-bond acceptors (Lipinski definition) is 4. The second-order valence-corrected chi connectivity index (χ2v) is 7.42. The molecule has 0 radical (unpaired) electrons. The molecule has 0 bridgehead atoms. The largest absolute Gasteiger partial charge is 0.466 e. The third-order valence-electron chi connectivity index (χ3n) is 5.65. The van der Waals surface area contributed by atoms with Crippen molar-refractivity contribution < 1.29 is 23.5 Å². The maximum absolute atomic E-state index is 13.0. The number of ether oxygens (including phenoxy) is 1. The van der Waals surface area contributed by atoms with E-state index in [0.717, 1.165) is 0 Å². The number of rotatable bonds is 4. The van der Waals surface area contributed by atoms with Crippen LogP contribution in [0.5, 0.6) is 0 Å². The summed E-state index contributed by atoms with van der Waals surface area (Å²) in [5.74, 6) is -0.734. The van der Waals surface area contributed by atoms with Crippen LogP contribution in [0.1, 0.15) is 43.0 Å². The highest BCUT2D eigenvalue weighted by Gasteiger charge is 2.33. The van der Waals surface area contributed by atoms with Crippen LogP contribution in [0, 0.1) is 17.7 Å². The van der Waals surface area contributed by atoms with E-state index in [9.17, 15) is 18.8 Å². The number of amides is 2. The van der Waals surface area contributed by atoms with E-state index in [2.05, 4.69) is 0 Å². The Morgan fingerprint density at radius 3 is 2.04 bits per heavy atom. The molecule has 2 saturated heterocycles. The van der Waals surface area contributed by atoms with E-state index in [1.807, 2.05) is 4.90 Å². The first-order chi connectivity index (χ1) is 13.5. The molecule has 152 valence electrons. The number of carbonyl (C=O) groups excluding carboxylic acids is 3. The Labute approximate surface area is 164 Å². The van der Waals surface area contributed by atoms with Crippen molar-refractivity contribution in [3.63, 3.8) is 0 Å². The first-order valence-electron chi connectivity index (χ1n) is 10.00. The van der Waals surface area contributed by atoms with E-state index in [-0.39, 0.29) is 35.4 Å². The quantitative estimate of drug-likeness (QED) is 0.741. The highest BCUT2D eigenvalue weighted by Crippen LogP contribution is 2.25. The number of halogens is 1. The zero-order valence-corrected chi connectivity index (χ0v) is 16.2. The number of nitrogens with zero attached hydrogens (tertiary/aromatic N) is 2. The molecule has 2 aliphatic rings. The predicted octanol–water partition coefficient (Wildman–Crippen LogP) is 2.48. The van der Waals surface area contributed by atoms with Crippen LogP contribution >= 0.6 is 0 Å². The molecular weight excluding hydrogens is 363 g/mol. The topological polar surface area (TPSA) is 66.9 Å². The molecule has 0 spiro atoms. The van der Waals surface area contributed by atoms with Gasteiger partial charge in [-0.3, -0.25) is 14.4 Å². The van der Waals surface area contributed by atoms with Gasteiger partial charge in [0.15, 0.2) is 0 Å². The summed E-state index contributed by atoms with van der Waals surface area (Å²) in [5, 5.41) is 0. The summed E-state index contributed by atoms with van der Waals surface area (Å²) in [5.41, 5.74) is 0.465. The van der Waals surface area contributed by atoms with Gasteiger partial charge in [-0.2, -0.15) is 0 Å². The SMILES string of the molecule is CCOC(=O)C1CCN(C(=O)C2CCN(C(=O)c3ccc(F)cc3)CC2)CC1. The van der Waals surface area contributed by atoms with Crippen LogP contribution in [0.4, 0.5) is 4.39 Å². The van der Waals surface area contributed by atoms with Gasteiger partial charge < -0.3 is 14.5 Å². The van der Waals surface area contributed by atoms with Crippen LogP contribution in [-0.4, -0.2) is 60.4 Å². The number of piperidine rings is 2. The zero-order chi connectivity index (χ0) is 20.1. The zero-order valence-electron chi connectivity index (χ0n) is 16.2. The Morgan fingerprint density at radius 1 is 0.929 bits per heavy atom. The van der Waals surface area contributed by atoms with Crippen LogP contribution in [0.15, 0.2) is 24.3 Å². The van der Waals surface area contributed by atoms with E-state index in [1.54, 1.807) is 11.8 Å². The Balaban J connectivity index is 1.47. The molecule has 2 fully saturated rings. The summed E-state index contributed by atoms with van der Waals surface area (Å²) >= 11 is 0. The summed E-state index contributed by atoms with van der Waals surface area (Å²) in [4.78, 5) is 40.7. The molecule has 0 atom stereocenters. The molecular formula is C21H27FN2O4. The summed E-state index contributed by atoms with van der Waals surface area (Å²) in [6, 6.07) is 5.54. The lowest BCUT2D eigenvalue weighted by Crippen LogP contribution is -2.47. The van der Waals surface area contributed by atoms with Gasteiger partial charge in [0.1, 0.15) is 5.82 Å². The van der Waals surface area contributed by atoms with Crippen LogP contribution < -0.4 is 0 Å². The first kappa shape index (κ1) is 20.3. The summed E-state index contributed by atoms with van der Waals surface area (Å²) < 4.78 is 18.1. The summed E-state index contributed by atoms with van der Waals surface area (Å²) in [6.07, 6.45) is 2.55. The van der Waals surface area contributed by atoms with Crippen molar-refractivity contribution in [1.82, 2.24) is 9.80 Å². The Hall–Kier alpha value is -2.44. The van der Waals surface area contributed by atoms with Crippen molar-refractivity contribution in [1.29, 1.82) is 0 Å². The fourth-order valence-corrected chi connectivity index (χ4v) is 3.96. The molecule has 1 aromatic rings. The maximum Gasteiger partial charge on any atom is 0.309 e. The number of carbonyl (C=O) groups is 3. The molecule has 3 rings (SSSR count). The lowest BCUT2D eigenvalue weighted by molar-refractivity contribution is -0.152.